The Morgan fingerprint density at radius 2 is 1.75 bits per heavy atom. The van der Waals surface area contributed by atoms with E-state index in [-0.39, 0.29) is 18.1 Å². The lowest BCUT2D eigenvalue weighted by Gasteiger charge is -2.31. The number of aliphatic hydroxyl groups excluding tert-OH is 1. The van der Waals surface area contributed by atoms with Crippen LogP contribution in [0.15, 0.2) is 24.3 Å². The molecular weight excluding hydrogens is 250 g/mol. The standard InChI is InChI=1S/C17H29NO2/c1-5-17(6-2,13-19)12-18-14(4)15-8-10-16(11-9-15)20-7-3/h8-11,14,18-19H,5-7,12-13H2,1-4H3. The third kappa shape index (κ3) is 4.50. The molecule has 0 radical (unpaired) electrons. The summed E-state index contributed by atoms with van der Waals surface area (Å²) in [5.74, 6) is 0.912. The Balaban J connectivity index is 2.59. The fraction of sp³-hybridized carbons (Fsp3) is 0.647. The molecular formula is C17H29NO2. The third-order valence-corrected chi connectivity index (χ3v) is 4.31. The molecule has 1 rings (SSSR count). The van der Waals surface area contributed by atoms with Crippen LogP contribution in [-0.4, -0.2) is 24.9 Å². The Hall–Kier alpha value is -1.06. The van der Waals surface area contributed by atoms with Gasteiger partial charge in [0.2, 0.25) is 0 Å². The van der Waals surface area contributed by atoms with Crippen LogP contribution in [0.2, 0.25) is 0 Å². The monoisotopic (exact) mass is 279 g/mol. The Kier molecular flexibility index (Phi) is 7.03. The molecule has 2 N–H and O–H groups in total. The first-order chi connectivity index (χ1) is 9.60. The second kappa shape index (κ2) is 8.28. The molecule has 1 aromatic carbocycles. The Labute approximate surface area is 123 Å². The smallest absolute Gasteiger partial charge is 0.119 e. The predicted octanol–water partition coefficient (Wildman–Crippen LogP) is 3.53. The second-order valence-electron chi connectivity index (χ2n) is 5.47. The molecule has 1 atom stereocenters. The van der Waals surface area contributed by atoms with Crippen LogP contribution in [-0.2, 0) is 0 Å². The first-order valence-corrected chi connectivity index (χ1v) is 7.67. The average molecular weight is 279 g/mol. The minimum atomic E-state index is -0.000474. The van der Waals surface area contributed by atoms with Crippen LogP contribution < -0.4 is 10.1 Å². The van der Waals surface area contributed by atoms with Crippen molar-refractivity contribution in [1.82, 2.24) is 5.32 Å². The predicted molar refractivity (Wildman–Crippen MR) is 84.1 cm³/mol. The van der Waals surface area contributed by atoms with Gasteiger partial charge in [-0.2, -0.15) is 0 Å². The van der Waals surface area contributed by atoms with Crippen LogP contribution in [0.1, 0.15) is 52.1 Å². The van der Waals surface area contributed by atoms with Gasteiger partial charge in [0, 0.05) is 24.6 Å². The van der Waals surface area contributed by atoms with E-state index in [2.05, 4.69) is 38.2 Å². The number of rotatable bonds is 9. The SMILES string of the molecule is CCOc1ccc(C(C)NCC(CC)(CC)CO)cc1. The van der Waals surface area contributed by atoms with E-state index in [1.54, 1.807) is 0 Å². The van der Waals surface area contributed by atoms with Gasteiger partial charge in [0.05, 0.1) is 6.61 Å². The molecule has 114 valence electrons. The normalized spacial score (nSPS) is 13.2. The summed E-state index contributed by atoms with van der Waals surface area (Å²) in [6.07, 6.45) is 1.98. The van der Waals surface area contributed by atoms with Crippen LogP contribution >= 0.6 is 0 Å². The summed E-state index contributed by atoms with van der Waals surface area (Å²) in [4.78, 5) is 0. The summed E-state index contributed by atoms with van der Waals surface area (Å²) in [6, 6.07) is 8.49. The number of aliphatic hydroxyl groups is 1. The summed E-state index contributed by atoms with van der Waals surface area (Å²) in [5.41, 5.74) is 1.24. The maximum Gasteiger partial charge on any atom is 0.119 e. The van der Waals surface area contributed by atoms with E-state index < -0.39 is 0 Å². The third-order valence-electron chi connectivity index (χ3n) is 4.31. The molecule has 3 heteroatoms. The Morgan fingerprint density at radius 1 is 1.15 bits per heavy atom. The first kappa shape index (κ1) is 17.0. The van der Waals surface area contributed by atoms with Gasteiger partial charge in [-0.3, -0.25) is 0 Å². The zero-order valence-electron chi connectivity index (χ0n) is 13.3. The molecule has 1 unspecified atom stereocenters. The molecule has 0 bridgehead atoms. The number of hydrogen-bond donors (Lipinski definition) is 2. The van der Waals surface area contributed by atoms with Crippen molar-refractivity contribution in [2.45, 2.75) is 46.6 Å². The summed E-state index contributed by atoms with van der Waals surface area (Å²) in [6.45, 7) is 10.2. The fourth-order valence-electron chi connectivity index (χ4n) is 2.29. The molecule has 0 saturated carbocycles. The molecule has 0 spiro atoms. The number of ether oxygens (including phenoxy) is 1. The van der Waals surface area contributed by atoms with Gasteiger partial charge in [-0.1, -0.05) is 26.0 Å². The number of hydrogen-bond acceptors (Lipinski definition) is 3. The maximum atomic E-state index is 9.60. The van der Waals surface area contributed by atoms with Gasteiger partial charge >= 0.3 is 0 Å². The summed E-state index contributed by atoms with van der Waals surface area (Å²) >= 11 is 0. The Morgan fingerprint density at radius 3 is 2.20 bits per heavy atom. The van der Waals surface area contributed by atoms with Crippen molar-refractivity contribution in [3.8, 4) is 5.75 Å². The molecule has 0 aliphatic rings. The van der Waals surface area contributed by atoms with E-state index in [0.29, 0.717) is 6.61 Å². The number of nitrogens with one attached hydrogen (secondary N) is 1. The molecule has 0 fully saturated rings. The van der Waals surface area contributed by atoms with Crippen molar-refractivity contribution in [3.05, 3.63) is 29.8 Å². The minimum Gasteiger partial charge on any atom is -0.494 e. The molecule has 1 aromatic rings. The van der Waals surface area contributed by atoms with Crippen molar-refractivity contribution < 1.29 is 9.84 Å². The quantitative estimate of drug-likeness (QED) is 0.726. The molecule has 0 saturated heterocycles. The second-order valence-corrected chi connectivity index (χ2v) is 5.47. The van der Waals surface area contributed by atoms with E-state index >= 15 is 0 Å². The van der Waals surface area contributed by atoms with Crippen LogP contribution in [0.25, 0.3) is 0 Å². The van der Waals surface area contributed by atoms with Crippen molar-refractivity contribution in [2.24, 2.45) is 5.41 Å². The summed E-state index contributed by atoms with van der Waals surface area (Å²) in [5, 5.41) is 13.1. The lowest BCUT2D eigenvalue weighted by Crippen LogP contribution is -2.37. The molecule has 0 aromatic heterocycles. The highest BCUT2D eigenvalue weighted by Crippen LogP contribution is 2.26. The van der Waals surface area contributed by atoms with E-state index in [1.807, 2.05) is 19.1 Å². The van der Waals surface area contributed by atoms with E-state index in [0.717, 1.165) is 25.1 Å². The van der Waals surface area contributed by atoms with Crippen molar-refractivity contribution in [3.63, 3.8) is 0 Å². The first-order valence-electron chi connectivity index (χ1n) is 7.67. The van der Waals surface area contributed by atoms with Gasteiger partial charge in [0.25, 0.3) is 0 Å². The number of benzene rings is 1. The van der Waals surface area contributed by atoms with Crippen molar-refractivity contribution in [1.29, 1.82) is 0 Å². The molecule has 0 aliphatic heterocycles. The van der Waals surface area contributed by atoms with Crippen LogP contribution in [0.5, 0.6) is 5.75 Å². The molecule has 0 amide bonds. The summed E-state index contributed by atoms with van der Waals surface area (Å²) in [7, 11) is 0. The van der Waals surface area contributed by atoms with E-state index in [1.165, 1.54) is 5.56 Å². The van der Waals surface area contributed by atoms with Gasteiger partial charge in [0.1, 0.15) is 5.75 Å². The maximum absolute atomic E-state index is 9.60. The van der Waals surface area contributed by atoms with Gasteiger partial charge in [-0.05, 0) is 44.4 Å². The van der Waals surface area contributed by atoms with E-state index in [4.69, 9.17) is 4.74 Å². The average Bonchev–Trinajstić information content (AvgIpc) is 2.50. The zero-order valence-corrected chi connectivity index (χ0v) is 13.3. The lowest BCUT2D eigenvalue weighted by atomic mass is 9.83. The molecule has 0 aliphatic carbocycles. The Bertz CT molecular complexity index is 363. The highest BCUT2D eigenvalue weighted by molar-refractivity contribution is 5.28. The van der Waals surface area contributed by atoms with E-state index in [9.17, 15) is 5.11 Å². The van der Waals surface area contributed by atoms with Crippen LogP contribution in [0.4, 0.5) is 0 Å². The van der Waals surface area contributed by atoms with Crippen LogP contribution in [0.3, 0.4) is 0 Å². The molecule has 3 nitrogen and oxygen atoms in total. The largest absolute Gasteiger partial charge is 0.494 e. The zero-order chi connectivity index (χ0) is 15.0. The fourth-order valence-corrected chi connectivity index (χ4v) is 2.29. The minimum absolute atomic E-state index is 0.000474. The topological polar surface area (TPSA) is 41.5 Å². The van der Waals surface area contributed by atoms with Crippen LogP contribution in [0, 0.1) is 5.41 Å². The van der Waals surface area contributed by atoms with Gasteiger partial charge in [-0.25, -0.2) is 0 Å². The van der Waals surface area contributed by atoms with Crippen molar-refractivity contribution >= 4 is 0 Å². The van der Waals surface area contributed by atoms with Gasteiger partial charge in [-0.15, -0.1) is 0 Å². The highest BCUT2D eigenvalue weighted by Gasteiger charge is 2.25. The highest BCUT2D eigenvalue weighted by atomic mass is 16.5. The molecule has 20 heavy (non-hydrogen) atoms. The van der Waals surface area contributed by atoms with Gasteiger partial charge in [0.15, 0.2) is 0 Å². The molecule has 0 heterocycles. The van der Waals surface area contributed by atoms with Gasteiger partial charge < -0.3 is 15.2 Å². The van der Waals surface area contributed by atoms with Crippen molar-refractivity contribution in [2.75, 3.05) is 19.8 Å². The summed E-state index contributed by atoms with van der Waals surface area (Å²) < 4.78 is 5.45. The lowest BCUT2D eigenvalue weighted by molar-refractivity contribution is 0.110.